The summed E-state index contributed by atoms with van der Waals surface area (Å²) in [6, 6.07) is 7.75. The van der Waals surface area contributed by atoms with Crippen molar-refractivity contribution in [2.45, 2.75) is 26.7 Å². The molecular formula is C14H16N2O. The number of nitrogens with two attached hydrogens (primary N) is 1. The predicted octanol–water partition coefficient (Wildman–Crippen LogP) is 2.77. The molecule has 0 unspecified atom stereocenters. The molecule has 88 valence electrons. The van der Waals surface area contributed by atoms with Gasteiger partial charge < -0.3 is 5.73 Å². The molecule has 0 aliphatic heterocycles. The van der Waals surface area contributed by atoms with E-state index in [-0.39, 0.29) is 0 Å². The minimum absolute atomic E-state index is 0.401. The monoisotopic (exact) mass is 228 g/mol. The van der Waals surface area contributed by atoms with Gasteiger partial charge in [-0.1, -0.05) is 19.9 Å². The van der Waals surface area contributed by atoms with Gasteiger partial charge in [-0.3, -0.25) is 9.78 Å². The second-order valence-electron chi connectivity index (χ2n) is 4.61. The molecule has 3 nitrogen and oxygen atoms in total. The quantitative estimate of drug-likeness (QED) is 0.859. The number of carbonyl (C=O) groups is 1. The van der Waals surface area contributed by atoms with Crippen LogP contribution in [0.2, 0.25) is 0 Å². The third-order valence-corrected chi connectivity index (χ3v) is 2.89. The van der Waals surface area contributed by atoms with E-state index in [4.69, 9.17) is 5.73 Å². The van der Waals surface area contributed by atoms with E-state index in [9.17, 15) is 4.79 Å². The standard InChI is InChI=1S/C14H16N2O/c1-8(2)10-4-5-13-11(7-10)12(14(15)17)6-9(3)16-13/h4-8H,1-3H3,(H2,15,17). The molecule has 2 rings (SSSR count). The number of amides is 1. The Kier molecular flexibility index (Phi) is 2.84. The molecule has 0 bridgehead atoms. The van der Waals surface area contributed by atoms with Gasteiger partial charge in [0.15, 0.2) is 0 Å². The molecular weight excluding hydrogens is 212 g/mol. The summed E-state index contributed by atoms with van der Waals surface area (Å²) < 4.78 is 0. The second-order valence-corrected chi connectivity index (χ2v) is 4.61. The normalized spacial score (nSPS) is 11.1. The highest BCUT2D eigenvalue weighted by atomic mass is 16.1. The van der Waals surface area contributed by atoms with Crippen LogP contribution in [0.25, 0.3) is 10.9 Å². The van der Waals surface area contributed by atoms with Crippen molar-refractivity contribution in [1.29, 1.82) is 0 Å². The first-order valence-corrected chi connectivity index (χ1v) is 5.70. The van der Waals surface area contributed by atoms with Gasteiger partial charge in [-0.2, -0.15) is 0 Å². The highest BCUT2D eigenvalue weighted by Crippen LogP contribution is 2.23. The summed E-state index contributed by atoms with van der Waals surface area (Å²) in [5.41, 5.74) is 8.78. The van der Waals surface area contributed by atoms with Gasteiger partial charge in [-0.05, 0) is 36.6 Å². The number of aryl methyl sites for hydroxylation is 1. The molecule has 0 fully saturated rings. The molecule has 1 aromatic carbocycles. The Hall–Kier alpha value is -1.90. The van der Waals surface area contributed by atoms with Crippen molar-refractivity contribution in [2.75, 3.05) is 0 Å². The summed E-state index contributed by atoms with van der Waals surface area (Å²) in [6.45, 7) is 6.10. The molecule has 1 aromatic heterocycles. The fourth-order valence-corrected chi connectivity index (χ4v) is 1.94. The smallest absolute Gasteiger partial charge is 0.249 e. The van der Waals surface area contributed by atoms with Crippen LogP contribution in [0.4, 0.5) is 0 Å². The first-order valence-electron chi connectivity index (χ1n) is 5.70. The summed E-state index contributed by atoms with van der Waals surface area (Å²) in [7, 11) is 0. The van der Waals surface area contributed by atoms with Crippen LogP contribution in [0.15, 0.2) is 24.3 Å². The lowest BCUT2D eigenvalue weighted by Crippen LogP contribution is -2.12. The van der Waals surface area contributed by atoms with Crippen molar-refractivity contribution in [3.05, 3.63) is 41.1 Å². The molecule has 0 aliphatic rings. The molecule has 1 amide bonds. The molecule has 0 radical (unpaired) electrons. The van der Waals surface area contributed by atoms with Crippen molar-refractivity contribution in [2.24, 2.45) is 5.73 Å². The first-order chi connectivity index (χ1) is 7.99. The molecule has 2 aromatic rings. The first kappa shape index (κ1) is 11.6. The minimum Gasteiger partial charge on any atom is -0.366 e. The van der Waals surface area contributed by atoms with Crippen molar-refractivity contribution in [1.82, 2.24) is 4.98 Å². The van der Waals surface area contributed by atoms with Crippen molar-refractivity contribution >= 4 is 16.8 Å². The molecule has 17 heavy (non-hydrogen) atoms. The highest BCUT2D eigenvalue weighted by Gasteiger charge is 2.10. The van der Waals surface area contributed by atoms with E-state index in [2.05, 4.69) is 18.8 Å². The van der Waals surface area contributed by atoms with Crippen LogP contribution < -0.4 is 5.73 Å². The Morgan fingerprint density at radius 2 is 2.00 bits per heavy atom. The van der Waals surface area contributed by atoms with Gasteiger partial charge in [0.1, 0.15) is 0 Å². The lowest BCUT2D eigenvalue weighted by Gasteiger charge is -2.09. The molecule has 0 aliphatic carbocycles. The van der Waals surface area contributed by atoms with Gasteiger partial charge in [0.05, 0.1) is 11.1 Å². The maximum atomic E-state index is 11.4. The number of hydrogen-bond acceptors (Lipinski definition) is 2. The zero-order valence-corrected chi connectivity index (χ0v) is 10.3. The average Bonchev–Trinajstić information content (AvgIpc) is 2.26. The number of carbonyl (C=O) groups excluding carboxylic acids is 1. The number of aromatic nitrogens is 1. The van der Waals surface area contributed by atoms with Gasteiger partial charge in [0.2, 0.25) is 5.91 Å². The average molecular weight is 228 g/mol. The summed E-state index contributed by atoms with van der Waals surface area (Å²) in [5, 5.41) is 0.842. The van der Waals surface area contributed by atoms with Gasteiger partial charge in [-0.25, -0.2) is 0 Å². The van der Waals surface area contributed by atoms with E-state index in [0.717, 1.165) is 16.6 Å². The summed E-state index contributed by atoms with van der Waals surface area (Å²) >= 11 is 0. The van der Waals surface area contributed by atoms with E-state index in [0.29, 0.717) is 11.5 Å². The lowest BCUT2D eigenvalue weighted by atomic mass is 9.98. The molecule has 0 saturated carbocycles. The molecule has 0 saturated heterocycles. The highest BCUT2D eigenvalue weighted by molar-refractivity contribution is 6.05. The summed E-state index contributed by atoms with van der Waals surface area (Å²) in [6.07, 6.45) is 0. The Bertz CT molecular complexity index is 588. The number of hydrogen-bond donors (Lipinski definition) is 1. The van der Waals surface area contributed by atoms with E-state index < -0.39 is 5.91 Å². The number of rotatable bonds is 2. The molecule has 0 atom stereocenters. The van der Waals surface area contributed by atoms with Crippen LogP contribution in [0, 0.1) is 6.92 Å². The number of primary amides is 1. The van der Waals surface area contributed by atoms with E-state index >= 15 is 0 Å². The van der Waals surface area contributed by atoms with Crippen molar-refractivity contribution < 1.29 is 4.79 Å². The number of fused-ring (bicyclic) bond motifs is 1. The third-order valence-electron chi connectivity index (χ3n) is 2.89. The van der Waals surface area contributed by atoms with E-state index in [1.807, 2.05) is 25.1 Å². The van der Waals surface area contributed by atoms with Crippen LogP contribution in [-0.4, -0.2) is 10.9 Å². The Morgan fingerprint density at radius 1 is 1.29 bits per heavy atom. The zero-order valence-electron chi connectivity index (χ0n) is 10.3. The van der Waals surface area contributed by atoms with Crippen LogP contribution in [0.1, 0.15) is 41.4 Å². The number of nitrogens with zero attached hydrogens (tertiary/aromatic N) is 1. The maximum Gasteiger partial charge on any atom is 0.249 e. The molecule has 0 spiro atoms. The molecule has 2 N–H and O–H groups in total. The van der Waals surface area contributed by atoms with Crippen LogP contribution in [-0.2, 0) is 0 Å². The minimum atomic E-state index is -0.401. The molecule has 3 heteroatoms. The van der Waals surface area contributed by atoms with Crippen molar-refractivity contribution in [3.63, 3.8) is 0 Å². The number of benzene rings is 1. The van der Waals surface area contributed by atoms with Crippen LogP contribution in [0.5, 0.6) is 0 Å². The van der Waals surface area contributed by atoms with Gasteiger partial charge in [-0.15, -0.1) is 0 Å². The SMILES string of the molecule is Cc1cc(C(N)=O)c2cc(C(C)C)ccc2n1. The molecule has 1 heterocycles. The second kappa shape index (κ2) is 4.17. The Balaban J connectivity index is 2.78. The fourth-order valence-electron chi connectivity index (χ4n) is 1.94. The van der Waals surface area contributed by atoms with Crippen LogP contribution >= 0.6 is 0 Å². The van der Waals surface area contributed by atoms with Gasteiger partial charge >= 0.3 is 0 Å². The summed E-state index contributed by atoms with van der Waals surface area (Å²) in [4.78, 5) is 15.9. The van der Waals surface area contributed by atoms with E-state index in [1.165, 1.54) is 5.56 Å². The number of pyridine rings is 1. The van der Waals surface area contributed by atoms with Crippen molar-refractivity contribution in [3.8, 4) is 0 Å². The lowest BCUT2D eigenvalue weighted by molar-refractivity contribution is 0.100. The van der Waals surface area contributed by atoms with Crippen LogP contribution in [0.3, 0.4) is 0 Å². The predicted molar refractivity (Wildman–Crippen MR) is 69.1 cm³/mol. The largest absolute Gasteiger partial charge is 0.366 e. The van der Waals surface area contributed by atoms with Gasteiger partial charge in [0.25, 0.3) is 0 Å². The maximum absolute atomic E-state index is 11.4. The Labute approximate surface area is 101 Å². The summed E-state index contributed by atoms with van der Waals surface area (Å²) in [5.74, 6) is 0.0165. The zero-order chi connectivity index (χ0) is 12.6. The van der Waals surface area contributed by atoms with Gasteiger partial charge in [0, 0.05) is 11.1 Å². The fraction of sp³-hybridized carbons (Fsp3) is 0.286. The third kappa shape index (κ3) is 2.13. The van der Waals surface area contributed by atoms with E-state index in [1.54, 1.807) is 6.07 Å². The topological polar surface area (TPSA) is 56.0 Å². The Morgan fingerprint density at radius 3 is 2.59 bits per heavy atom.